The van der Waals surface area contributed by atoms with Gasteiger partial charge in [-0.25, -0.2) is 0 Å². The fraction of sp³-hybridized carbons (Fsp3) is 0.958. The van der Waals surface area contributed by atoms with E-state index in [1.807, 2.05) is 0 Å². The van der Waals surface area contributed by atoms with Crippen LogP contribution in [0.5, 0.6) is 0 Å². The molecular weight excluding hydrogens is 348 g/mol. The van der Waals surface area contributed by atoms with Gasteiger partial charge in [0.15, 0.2) is 0 Å². The van der Waals surface area contributed by atoms with Crippen LogP contribution in [0.1, 0.15) is 135 Å². The highest BCUT2D eigenvalue weighted by Gasteiger charge is 1.95. The smallest absolute Gasteiger partial charge is 0.0552 e. The van der Waals surface area contributed by atoms with E-state index < -0.39 is 5.97 Å². The number of quaternary nitrogens is 1. The van der Waals surface area contributed by atoms with Gasteiger partial charge in [0.2, 0.25) is 0 Å². The van der Waals surface area contributed by atoms with Crippen LogP contribution in [0.25, 0.3) is 0 Å². The van der Waals surface area contributed by atoms with E-state index in [0.29, 0.717) is 0 Å². The van der Waals surface area contributed by atoms with Crippen LogP contribution in [0.3, 0.4) is 0 Å². The largest absolute Gasteiger partial charge is 0.549 e. The lowest BCUT2D eigenvalue weighted by molar-refractivity contribution is -0.304. The number of rotatable bonds is 23. The number of aliphatic carboxylic acids is 1. The normalized spacial score (nSPS) is 10.8. The average Bonchev–Trinajstić information content (AvgIpc) is 2.65. The number of unbranched alkanes of at least 4 members (excludes halogenated alkanes) is 19. The Morgan fingerprint density at radius 2 is 0.857 bits per heavy atom. The molecule has 4 nitrogen and oxygen atoms in total. The van der Waals surface area contributed by atoms with Gasteiger partial charge < -0.3 is 21.4 Å². The monoisotopic (exact) mass is 400 g/mol. The third-order valence-corrected chi connectivity index (χ3v) is 5.48. The molecule has 0 aliphatic heterocycles. The Hall–Kier alpha value is -0.610. The summed E-state index contributed by atoms with van der Waals surface area (Å²) < 4.78 is 0. The lowest BCUT2D eigenvalue weighted by Gasteiger charge is -2.05. The molecule has 170 valence electrons. The standard InChI is InChI=1S/C24H49NO2.H3N/c1-2-3-4-5-6-7-8-9-10-11-12-13-14-15-16-17-18-19-20-21-22-25-23-24(26)27;/h25H,2-23H2,1H3,(H,26,27);1H3. The van der Waals surface area contributed by atoms with Crippen molar-refractivity contribution in [3.8, 4) is 0 Å². The molecule has 0 aromatic rings. The second-order valence-electron chi connectivity index (χ2n) is 8.27. The second-order valence-corrected chi connectivity index (χ2v) is 8.27. The highest BCUT2D eigenvalue weighted by atomic mass is 16.4. The maximum absolute atomic E-state index is 10.2. The minimum Gasteiger partial charge on any atom is -0.549 e. The van der Waals surface area contributed by atoms with E-state index in [0.717, 1.165) is 13.0 Å². The maximum atomic E-state index is 10.2. The van der Waals surface area contributed by atoms with Crippen molar-refractivity contribution in [2.45, 2.75) is 135 Å². The number of hydrogen-bond donors (Lipinski definition) is 2. The molecular formula is C24H52N2O2. The third kappa shape index (κ3) is 27.6. The SMILES string of the molecule is CCCCCCCCCCCCCCCCCCCCCCNCC(=O)[O-].[NH4+]. The summed E-state index contributed by atoms with van der Waals surface area (Å²) in [5, 5.41) is 13.1. The van der Waals surface area contributed by atoms with Crippen LogP contribution in [0.15, 0.2) is 0 Å². The van der Waals surface area contributed by atoms with Crippen molar-refractivity contribution in [3.05, 3.63) is 0 Å². The van der Waals surface area contributed by atoms with E-state index in [9.17, 15) is 9.90 Å². The Kier molecular flexibility index (Phi) is 27.9. The maximum Gasteiger partial charge on any atom is 0.0552 e. The quantitative estimate of drug-likeness (QED) is 0.191. The summed E-state index contributed by atoms with van der Waals surface area (Å²) in [6.45, 7) is 3.07. The van der Waals surface area contributed by atoms with Gasteiger partial charge in [-0.05, 0) is 13.0 Å². The van der Waals surface area contributed by atoms with E-state index >= 15 is 0 Å². The van der Waals surface area contributed by atoms with Crippen molar-refractivity contribution >= 4 is 5.97 Å². The first-order chi connectivity index (χ1) is 13.3. The molecule has 0 aliphatic rings. The molecule has 0 unspecified atom stereocenters. The number of carbonyl (C=O) groups is 1. The minimum absolute atomic E-state index is 0. The third-order valence-electron chi connectivity index (χ3n) is 5.48. The molecule has 0 saturated heterocycles. The fourth-order valence-electron chi connectivity index (χ4n) is 3.70. The van der Waals surface area contributed by atoms with Crippen LogP contribution < -0.4 is 16.6 Å². The molecule has 0 bridgehead atoms. The average molecular weight is 401 g/mol. The summed E-state index contributed by atoms with van der Waals surface area (Å²) in [6.07, 6.45) is 27.8. The number of carbonyl (C=O) groups excluding carboxylic acids is 1. The van der Waals surface area contributed by atoms with Gasteiger partial charge in [0.1, 0.15) is 0 Å². The predicted molar refractivity (Wildman–Crippen MR) is 122 cm³/mol. The number of nitrogens with one attached hydrogen (secondary N) is 1. The Balaban J connectivity index is 0. The lowest BCUT2D eigenvalue weighted by Crippen LogP contribution is -2.34. The summed E-state index contributed by atoms with van der Waals surface area (Å²) in [6, 6.07) is 0. The molecule has 5 N–H and O–H groups in total. The van der Waals surface area contributed by atoms with E-state index in [2.05, 4.69) is 12.2 Å². The van der Waals surface area contributed by atoms with Crippen LogP contribution >= 0.6 is 0 Å². The summed E-state index contributed by atoms with van der Waals surface area (Å²) >= 11 is 0. The molecule has 0 radical (unpaired) electrons. The van der Waals surface area contributed by atoms with Crippen molar-refractivity contribution in [1.29, 1.82) is 0 Å². The molecule has 4 heteroatoms. The van der Waals surface area contributed by atoms with Crippen molar-refractivity contribution < 1.29 is 9.90 Å². The van der Waals surface area contributed by atoms with Gasteiger partial charge in [-0.2, -0.15) is 0 Å². The molecule has 0 atom stereocenters. The van der Waals surface area contributed by atoms with Crippen molar-refractivity contribution in [1.82, 2.24) is 11.5 Å². The Labute approximate surface area is 176 Å². The molecule has 0 saturated carbocycles. The summed E-state index contributed by atoms with van der Waals surface area (Å²) in [7, 11) is 0. The van der Waals surface area contributed by atoms with Gasteiger partial charge in [0.25, 0.3) is 0 Å². The molecule has 0 aliphatic carbocycles. The topological polar surface area (TPSA) is 88.7 Å². The Morgan fingerprint density at radius 3 is 1.14 bits per heavy atom. The van der Waals surface area contributed by atoms with E-state index in [1.165, 1.54) is 122 Å². The van der Waals surface area contributed by atoms with Crippen molar-refractivity contribution in [2.75, 3.05) is 13.1 Å². The van der Waals surface area contributed by atoms with Gasteiger partial charge in [-0.1, -0.05) is 129 Å². The zero-order chi connectivity index (χ0) is 19.8. The summed E-state index contributed by atoms with van der Waals surface area (Å²) in [5.74, 6) is -1.01. The van der Waals surface area contributed by atoms with Crippen LogP contribution in [-0.2, 0) is 4.79 Å². The molecule has 0 aromatic heterocycles. The van der Waals surface area contributed by atoms with E-state index in [4.69, 9.17) is 0 Å². The summed E-state index contributed by atoms with van der Waals surface area (Å²) in [5.41, 5.74) is 0. The van der Waals surface area contributed by atoms with Crippen molar-refractivity contribution in [2.24, 2.45) is 0 Å². The van der Waals surface area contributed by atoms with Gasteiger partial charge in [0, 0.05) is 6.54 Å². The van der Waals surface area contributed by atoms with Gasteiger partial charge in [0.05, 0.1) is 5.97 Å². The highest BCUT2D eigenvalue weighted by molar-refractivity contribution is 5.66. The fourth-order valence-corrected chi connectivity index (χ4v) is 3.70. The minimum atomic E-state index is -1.01. The molecule has 0 fully saturated rings. The lowest BCUT2D eigenvalue weighted by atomic mass is 10.0. The first-order valence-electron chi connectivity index (χ1n) is 12.2. The van der Waals surface area contributed by atoms with Crippen LogP contribution in [0.4, 0.5) is 0 Å². The molecule has 0 aromatic carbocycles. The first-order valence-corrected chi connectivity index (χ1v) is 12.2. The van der Waals surface area contributed by atoms with Crippen molar-refractivity contribution in [3.63, 3.8) is 0 Å². The Bertz CT molecular complexity index is 298. The molecule has 0 spiro atoms. The molecule has 28 heavy (non-hydrogen) atoms. The second kappa shape index (κ2) is 26.4. The molecule has 0 amide bonds. The first kappa shape index (κ1) is 29.6. The molecule has 0 heterocycles. The Morgan fingerprint density at radius 1 is 0.571 bits per heavy atom. The number of carboxylic acids is 1. The van der Waals surface area contributed by atoms with Crippen LogP contribution in [0, 0.1) is 0 Å². The zero-order valence-electron chi connectivity index (χ0n) is 19.4. The van der Waals surface area contributed by atoms with Gasteiger partial charge in [-0.15, -0.1) is 0 Å². The number of carboxylic acid groups (broad SMARTS) is 1. The van der Waals surface area contributed by atoms with Crippen LogP contribution in [0.2, 0.25) is 0 Å². The van der Waals surface area contributed by atoms with E-state index in [1.54, 1.807) is 0 Å². The predicted octanol–water partition coefficient (Wildman–Crippen LogP) is 6.52. The van der Waals surface area contributed by atoms with Gasteiger partial charge >= 0.3 is 0 Å². The summed E-state index contributed by atoms with van der Waals surface area (Å²) in [4.78, 5) is 10.2. The van der Waals surface area contributed by atoms with E-state index in [-0.39, 0.29) is 12.7 Å². The van der Waals surface area contributed by atoms with Crippen LogP contribution in [-0.4, -0.2) is 19.1 Å². The zero-order valence-corrected chi connectivity index (χ0v) is 19.4. The number of hydrogen-bond acceptors (Lipinski definition) is 3. The molecule has 0 rings (SSSR count). The van der Waals surface area contributed by atoms with Gasteiger partial charge in [-0.3, -0.25) is 0 Å². The highest BCUT2D eigenvalue weighted by Crippen LogP contribution is 2.14.